The minimum absolute atomic E-state index is 0.0351. The van der Waals surface area contributed by atoms with Crippen molar-refractivity contribution in [2.45, 2.75) is 63.6 Å². The molecular weight excluding hydrogens is 856 g/mol. The minimum Gasteiger partial charge on any atom is -0.380 e. The number of amides is 5. The highest BCUT2D eigenvalue weighted by Crippen LogP contribution is 2.37. The number of hydrogen-bond donors (Lipinski definition) is 2. The Balaban J connectivity index is 1.11. The predicted octanol–water partition coefficient (Wildman–Crippen LogP) is 4.59. The Labute approximate surface area is 328 Å². The van der Waals surface area contributed by atoms with Crippen LogP contribution in [0, 0.1) is 11.8 Å². The Morgan fingerprint density at radius 2 is 1.43 bits per heavy atom. The average molecular weight is 903 g/mol. The molecule has 0 aliphatic carbocycles. The molecule has 0 unspecified atom stereocenters. The van der Waals surface area contributed by atoms with Crippen LogP contribution in [0.4, 0.5) is 15.3 Å². The molecule has 0 aromatic heterocycles. The van der Waals surface area contributed by atoms with Gasteiger partial charge in [0, 0.05) is 64.0 Å². The third-order valence-electron chi connectivity index (χ3n) is 10.9. The molecular formula is C35H46Br2N6O8S2. The average Bonchev–Trinajstić information content (AvgIpc) is 3.12. The number of nitrogens with zero attached hydrogens (tertiary/aromatic N) is 4. The summed E-state index contributed by atoms with van der Waals surface area (Å²) in [4.78, 5) is 46.3. The van der Waals surface area contributed by atoms with E-state index < -0.39 is 26.2 Å². The molecule has 4 aliphatic rings. The number of sulfonamides is 1. The molecule has 0 radical (unpaired) electrons. The molecule has 5 amide bonds. The number of fused-ring (bicyclic) bond motifs is 1. The van der Waals surface area contributed by atoms with Crippen molar-refractivity contribution < 1.29 is 35.4 Å². The van der Waals surface area contributed by atoms with Crippen LogP contribution in [0.1, 0.15) is 49.7 Å². The Morgan fingerprint density at radius 1 is 0.868 bits per heavy atom. The maximum Gasteiger partial charge on any atom is 0.322 e. The molecule has 290 valence electrons. The van der Waals surface area contributed by atoms with Crippen LogP contribution < -0.4 is 14.8 Å². The fourth-order valence-electron chi connectivity index (χ4n) is 8.03. The van der Waals surface area contributed by atoms with Crippen LogP contribution in [0.3, 0.4) is 0 Å². The molecule has 2 aromatic rings. The number of likely N-dealkylation sites (tertiary alicyclic amines) is 2. The van der Waals surface area contributed by atoms with Crippen molar-refractivity contribution in [1.82, 2.24) is 24.3 Å². The summed E-state index contributed by atoms with van der Waals surface area (Å²) in [6, 6.07) is 9.64. The molecule has 18 heteroatoms. The Kier molecular flexibility index (Phi) is 12.3. The monoisotopic (exact) mass is 900 g/mol. The van der Waals surface area contributed by atoms with E-state index in [-0.39, 0.29) is 36.2 Å². The third kappa shape index (κ3) is 9.85. The van der Waals surface area contributed by atoms with Crippen molar-refractivity contribution in [2.24, 2.45) is 11.8 Å². The van der Waals surface area contributed by atoms with Crippen LogP contribution in [-0.2, 0) is 37.9 Å². The lowest BCUT2D eigenvalue weighted by molar-refractivity contribution is -0.135. The fourth-order valence-corrected chi connectivity index (χ4v) is 11.0. The number of halogens is 2. The molecule has 6 rings (SSSR count). The first-order chi connectivity index (χ1) is 25.1. The summed E-state index contributed by atoms with van der Waals surface area (Å²) in [5.74, 6) is 0.670. The van der Waals surface area contributed by atoms with Gasteiger partial charge < -0.3 is 29.5 Å². The topological polar surface area (TPSA) is 166 Å². The standard InChI is InChI=1S/C35H46Br2N6O8S2/c1-52(47,48)42-17-9-25(10-18-42)24-7-13-40(14-8-24)33(44)31(21-23-19-28(36)32(29(37)20-23)51-53(2,49)50)39-34(45)41-15-11-27(12-16-41)43-22-26-5-3-4-6-30(26)38-35(43)46/h3-6,19-20,24-25,27,31H,7-18,21-22H2,1-2H3,(H,38,46)(H,39,45)/t31-/m1/s1. The Hall–Kier alpha value is -2.93. The maximum absolute atomic E-state index is 14.2. The van der Waals surface area contributed by atoms with Crippen LogP contribution in [-0.4, -0.2) is 118 Å². The third-order valence-corrected chi connectivity index (χ3v) is 13.8. The van der Waals surface area contributed by atoms with E-state index >= 15 is 0 Å². The van der Waals surface area contributed by atoms with Crippen LogP contribution in [0.15, 0.2) is 45.3 Å². The number of carbonyl (C=O) groups excluding carboxylic acids is 3. The van der Waals surface area contributed by atoms with E-state index in [0.717, 1.165) is 43.2 Å². The highest BCUT2D eigenvalue weighted by molar-refractivity contribution is 9.11. The summed E-state index contributed by atoms with van der Waals surface area (Å²) >= 11 is 6.80. The summed E-state index contributed by atoms with van der Waals surface area (Å²) in [5, 5.41) is 5.99. The molecule has 2 aromatic carbocycles. The number of piperidine rings is 3. The van der Waals surface area contributed by atoms with E-state index in [2.05, 4.69) is 42.5 Å². The molecule has 0 bridgehead atoms. The van der Waals surface area contributed by atoms with Crippen molar-refractivity contribution in [1.29, 1.82) is 0 Å². The predicted molar refractivity (Wildman–Crippen MR) is 207 cm³/mol. The molecule has 53 heavy (non-hydrogen) atoms. The van der Waals surface area contributed by atoms with Gasteiger partial charge in [-0.1, -0.05) is 18.2 Å². The quantitative estimate of drug-likeness (QED) is 0.345. The number of nitrogens with one attached hydrogen (secondary N) is 2. The van der Waals surface area contributed by atoms with Crippen LogP contribution >= 0.6 is 31.9 Å². The van der Waals surface area contributed by atoms with Gasteiger partial charge in [-0.05, 0) is 112 Å². The van der Waals surface area contributed by atoms with Gasteiger partial charge in [-0.2, -0.15) is 8.42 Å². The molecule has 4 aliphatic heterocycles. The van der Waals surface area contributed by atoms with E-state index in [0.29, 0.717) is 85.0 Å². The summed E-state index contributed by atoms with van der Waals surface area (Å²) in [5.41, 5.74) is 2.53. The maximum atomic E-state index is 14.2. The number of rotatable bonds is 9. The van der Waals surface area contributed by atoms with E-state index in [1.807, 2.05) is 29.2 Å². The summed E-state index contributed by atoms with van der Waals surface area (Å²) in [6.45, 7) is 3.44. The second kappa shape index (κ2) is 16.4. The number of benzene rings is 2. The zero-order chi connectivity index (χ0) is 38.1. The largest absolute Gasteiger partial charge is 0.380 e. The number of hydrogen-bond acceptors (Lipinski definition) is 8. The number of para-hydroxylation sites is 1. The molecule has 0 saturated carbocycles. The Morgan fingerprint density at radius 3 is 2.02 bits per heavy atom. The zero-order valence-corrected chi connectivity index (χ0v) is 34.6. The van der Waals surface area contributed by atoms with Gasteiger partial charge in [0.05, 0.1) is 21.5 Å². The van der Waals surface area contributed by atoms with Gasteiger partial charge in [0.25, 0.3) is 0 Å². The van der Waals surface area contributed by atoms with E-state index in [1.54, 1.807) is 21.9 Å². The molecule has 2 N–H and O–H groups in total. The van der Waals surface area contributed by atoms with Gasteiger partial charge in [-0.15, -0.1) is 0 Å². The fraction of sp³-hybridized carbons (Fsp3) is 0.571. The van der Waals surface area contributed by atoms with Gasteiger partial charge in [-0.25, -0.2) is 22.3 Å². The van der Waals surface area contributed by atoms with Crippen LogP contribution in [0.2, 0.25) is 0 Å². The van der Waals surface area contributed by atoms with Gasteiger partial charge in [-0.3, -0.25) is 4.79 Å². The van der Waals surface area contributed by atoms with Gasteiger partial charge in [0.15, 0.2) is 5.75 Å². The van der Waals surface area contributed by atoms with E-state index in [4.69, 9.17) is 4.18 Å². The lowest BCUT2D eigenvalue weighted by Gasteiger charge is -2.41. The minimum atomic E-state index is -3.80. The molecule has 14 nitrogen and oxygen atoms in total. The highest BCUT2D eigenvalue weighted by atomic mass is 79.9. The number of carbonyl (C=O) groups is 3. The smallest absolute Gasteiger partial charge is 0.322 e. The first kappa shape index (κ1) is 39.8. The van der Waals surface area contributed by atoms with Crippen LogP contribution in [0.5, 0.6) is 5.75 Å². The molecule has 3 fully saturated rings. The molecule has 3 saturated heterocycles. The Bertz CT molecular complexity index is 1900. The van der Waals surface area contributed by atoms with Gasteiger partial charge >= 0.3 is 22.2 Å². The van der Waals surface area contributed by atoms with E-state index in [1.165, 1.54) is 10.6 Å². The van der Waals surface area contributed by atoms with Crippen molar-refractivity contribution in [2.75, 3.05) is 57.1 Å². The second-order valence-electron chi connectivity index (χ2n) is 14.5. The molecule has 4 heterocycles. The first-order valence-electron chi connectivity index (χ1n) is 17.9. The summed E-state index contributed by atoms with van der Waals surface area (Å²) in [7, 11) is -7.01. The van der Waals surface area contributed by atoms with Gasteiger partial charge in [0.1, 0.15) is 6.04 Å². The van der Waals surface area contributed by atoms with Crippen molar-refractivity contribution in [3.05, 3.63) is 56.5 Å². The van der Waals surface area contributed by atoms with Crippen molar-refractivity contribution in [3.8, 4) is 5.75 Å². The van der Waals surface area contributed by atoms with Gasteiger partial charge in [0.2, 0.25) is 15.9 Å². The summed E-state index contributed by atoms with van der Waals surface area (Å²) < 4.78 is 55.1. The van der Waals surface area contributed by atoms with Crippen LogP contribution in [0.25, 0.3) is 0 Å². The van der Waals surface area contributed by atoms with Crippen molar-refractivity contribution in [3.63, 3.8) is 0 Å². The molecule has 0 spiro atoms. The zero-order valence-electron chi connectivity index (χ0n) is 29.8. The second-order valence-corrected chi connectivity index (χ2v) is 19.7. The highest BCUT2D eigenvalue weighted by Gasteiger charge is 2.37. The molecule has 1 atom stereocenters. The lowest BCUT2D eigenvalue weighted by atomic mass is 9.79. The normalized spacial score (nSPS) is 20.5. The summed E-state index contributed by atoms with van der Waals surface area (Å²) in [6.07, 6.45) is 6.75. The first-order valence-corrected chi connectivity index (χ1v) is 23.1. The SMILES string of the molecule is CS(=O)(=O)Oc1c(Br)cc(C[C@@H](NC(=O)N2CCC(N3Cc4ccccc4NC3=O)CC2)C(=O)N2CCC(C3CCN(S(C)(=O)=O)CC3)CC2)cc1Br. The number of urea groups is 2. The van der Waals surface area contributed by atoms with E-state index in [9.17, 15) is 31.2 Å². The van der Waals surface area contributed by atoms with Crippen molar-refractivity contribution >= 4 is 75.7 Å². The lowest BCUT2D eigenvalue weighted by Crippen LogP contribution is -2.57. The number of anilines is 1.